The molecule has 8 heteroatoms. The first-order valence-corrected chi connectivity index (χ1v) is 6.84. The number of esters is 2. The van der Waals surface area contributed by atoms with Gasteiger partial charge in [0.15, 0.2) is 6.10 Å². The third-order valence-electron chi connectivity index (χ3n) is 1.63. The van der Waals surface area contributed by atoms with E-state index < -0.39 is 25.6 Å². The average Bonchev–Trinajstić information content (AvgIpc) is 2.21. The maximum absolute atomic E-state index is 11.4. The van der Waals surface area contributed by atoms with Crippen LogP contribution in [0.1, 0.15) is 13.8 Å². The normalized spacial score (nSPS) is 15.8. The lowest BCUT2D eigenvalue weighted by Gasteiger charge is -2.18. The zero-order chi connectivity index (χ0) is 13.5. The molecule has 7 nitrogen and oxygen atoms in total. The maximum Gasteiger partial charge on any atom is 0.327 e. The summed E-state index contributed by atoms with van der Waals surface area (Å²) in [7, 11) is -1.91. The molecule has 2 unspecified atom stereocenters. The van der Waals surface area contributed by atoms with Gasteiger partial charge in [-0.05, 0) is 0 Å². The van der Waals surface area contributed by atoms with Crippen LogP contribution in [-0.2, 0) is 32.7 Å². The minimum atomic E-state index is -3.15. The largest absolute Gasteiger partial charge is 0.462 e. The predicted octanol–water partition coefficient (Wildman–Crippen LogP) is 0.967. The standard InChI is InChI=1S/C9H17O7P/c1-7(10)14-5-9(16-8(2)11)6-15-17(4,12)13-3/h9H,5-6H2,1-4H3. The third-order valence-corrected chi connectivity index (χ3v) is 2.91. The second-order valence-electron chi connectivity index (χ2n) is 3.28. The summed E-state index contributed by atoms with van der Waals surface area (Å²) in [5, 5.41) is 0. The van der Waals surface area contributed by atoms with Gasteiger partial charge in [0.25, 0.3) is 0 Å². The van der Waals surface area contributed by atoms with Crippen LogP contribution in [0.25, 0.3) is 0 Å². The summed E-state index contributed by atoms with van der Waals surface area (Å²) in [4.78, 5) is 21.4. The molecule has 0 saturated heterocycles. The zero-order valence-electron chi connectivity index (χ0n) is 10.3. The topological polar surface area (TPSA) is 88.1 Å². The van der Waals surface area contributed by atoms with Gasteiger partial charge in [-0.2, -0.15) is 0 Å². The van der Waals surface area contributed by atoms with Crippen molar-refractivity contribution >= 4 is 19.5 Å². The molecule has 0 bridgehead atoms. The Morgan fingerprint density at radius 3 is 2.18 bits per heavy atom. The number of carbonyl (C=O) groups is 2. The molecule has 0 spiro atoms. The third kappa shape index (κ3) is 8.85. The first-order valence-electron chi connectivity index (χ1n) is 4.85. The minimum absolute atomic E-state index is 0.154. The highest BCUT2D eigenvalue weighted by molar-refractivity contribution is 7.52. The monoisotopic (exact) mass is 268 g/mol. The molecular formula is C9H17O7P. The highest BCUT2D eigenvalue weighted by Crippen LogP contribution is 2.42. The van der Waals surface area contributed by atoms with Crippen LogP contribution in [0.2, 0.25) is 0 Å². The Bertz CT molecular complexity index is 314. The lowest BCUT2D eigenvalue weighted by atomic mass is 10.4. The molecule has 0 aromatic heterocycles. The summed E-state index contributed by atoms with van der Waals surface area (Å²) in [6.45, 7) is 3.39. The molecule has 0 heterocycles. The molecule has 0 N–H and O–H groups in total. The van der Waals surface area contributed by atoms with Crippen LogP contribution >= 0.6 is 7.60 Å². The fraction of sp³-hybridized carbons (Fsp3) is 0.778. The Labute approximate surface area is 99.9 Å². The molecule has 0 radical (unpaired) electrons. The molecule has 0 aliphatic carbocycles. The summed E-state index contributed by atoms with van der Waals surface area (Å²) in [5.41, 5.74) is 0. The van der Waals surface area contributed by atoms with E-state index in [2.05, 4.69) is 9.26 Å². The van der Waals surface area contributed by atoms with E-state index in [1.165, 1.54) is 27.6 Å². The van der Waals surface area contributed by atoms with E-state index in [9.17, 15) is 14.2 Å². The number of ether oxygens (including phenoxy) is 2. The second kappa shape index (κ2) is 7.42. The summed E-state index contributed by atoms with van der Waals surface area (Å²) < 4.78 is 30.5. The number of hydrogen-bond acceptors (Lipinski definition) is 7. The van der Waals surface area contributed by atoms with Gasteiger partial charge in [0.2, 0.25) is 0 Å². The van der Waals surface area contributed by atoms with Crippen LogP contribution in [0.4, 0.5) is 0 Å². The van der Waals surface area contributed by atoms with Crippen LogP contribution in [0, 0.1) is 0 Å². The van der Waals surface area contributed by atoms with Crippen molar-refractivity contribution in [2.45, 2.75) is 20.0 Å². The lowest BCUT2D eigenvalue weighted by Crippen LogP contribution is -2.28. The first-order chi connectivity index (χ1) is 7.76. The van der Waals surface area contributed by atoms with Gasteiger partial charge >= 0.3 is 19.5 Å². The molecule has 0 fully saturated rings. The predicted molar refractivity (Wildman–Crippen MR) is 58.7 cm³/mol. The van der Waals surface area contributed by atoms with Crippen molar-refractivity contribution in [3.8, 4) is 0 Å². The van der Waals surface area contributed by atoms with Crippen LogP contribution in [0.15, 0.2) is 0 Å². The van der Waals surface area contributed by atoms with Crippen LogP contribution in [0.5, 0.6) is 0 Å². The van der Waals surface area contributed by atoms with E-state index in [1.54, 1.807) is 0 Å². The molecule has 0 aliphatic heterocycles. The molecule has 17 heavy (non-hydrogen) atoms. The summed E-state index contributed by atoms with van der Waals surface area (Å²) >= 11 is 0. The molecule has 0 rings (SSSR count). The van der Waals surface area contributed by atoms with E-state index in [-0.39, 0.29) is 13.2 Å². The van der Waals surface area contributed by atoms with E-state index in [0.717, 1.165) is 0 Å². The smallest absolute Gasteiger partial charge is 0.327 e. The summed E-state index contributed by atoms with van der Waals surface area (Å²) in [6, 6.07) is 0. The van der Waals surface area contributed by atoms with Crippen molar-refractivity contribution in [2.24, 2.45) is 0 Å². The highest BCUT2D eigenvalue weighted by Gasteiger charge is 2.21. The van der Waals surface area contributed by atoms with E-state index in [4.69, 9.17) is 9.26 Å². The fourth-order valence-electron chi connectivity index (χ4n) is 0.832. The Morgan fingerprint density at radius 2 is 1.76 bits per heavy atom. The maximum atomic E-state index is 11.4. The molecule has 2 atom stereocenters. The van der Waals surface area contributed by atoms with Crippen molar-refractivity contribution in [1.29, 1.82) is 0 Å². The van der Waals surface area contributed by atoms with Crippen LogP contribution < -0.4 is 0 Å². The average molecular weight is 268 g/mol. The number of carbonyl (C=O) groups excluding carboxylic acids is 2. The van der Waals surface area contributed by atoms with Crippen LogP contribution in [-0.4, -0.2) is 45.0 Å². The van der Waals surface area contributed by atoms with E-state index >= 15 is 0 Å². The van der Waals surface area contributed by atoms with Gasteiger partial charge in [0.1, 0.15) is 6.61 Å². The summed E-state index contributed by atoms with van der Waals surface area (Å²) in [5.74, 6) is -1.05. The lowest BCUT2D eigenvalue weighted by molar-refractivity contribution is -0.158. The minimum Gasteiger partial charge on any atom is -0.462 e. The van der Waals surface area contributed by atoms with Crippen molar-refractivity contribution in [1.82, 2.24) is 0 Å². The van der Waals surface area contributed by atoms with Gasteiger partial charge in [-0.15, -0.1) is 0 Å². The van der Waals surface area contributed by atoms with Gasteiger partial charge in [-0.1, -0.05) is 0 Å². The number of rotatable bonds is 7. The molecule has 0 amide bonds. The molecule has 0 aromatic carbocycles. The Balaban J connectivity index is 4.23. The van der Waals surface area contributed by atoms with E-state index in [0.29, 0.717) is 0 Å². The van der Waals surface area contributed by atoms with Crippen LogP contribution in [0.3, 0.4) is 0 Å². The SMILES string of the molecule is COP(C)(=O)OCC(COC(C)=O)OC(C)=O. The number of hydrogen-bond donors (Lipinski definition) is 0. The quantitative estimate of drug-likeness (QED) is 0.502. The Kier molecular flexibility index (Phi) is 7.03. The highest BCUT2D eigenvalue weighted by atomic mass is 31.2. The van der Waals surface area contributed by atoms with Gasteiger partial charge < -0.3 is 18.5 Å². The Morgan fingerprint density at radius 1 is 1.18 bits per heavy atom. The first kappa shape index (κ1) is 16.1. The van der Waals surface area contributed by atoms with E-state index in [1.807, 2.05) is 0 Å². The fourth-order valence-corrected chi connectivity index (χ4v) is 1.37. The van der Waals surface area contributed by atoms with Gasteiger partial charge in [0, 0.05) is 27.6 Å². The van der Waals surface area contributed by atoms with Crippen molar-refractivity contribution < 1.29 is 32.7 Å². The molecule has 0 saturated carbocycles. The van der Waals surface area contributed by atoms with Gasteiger partial charge in [0.05, 0.1) is 6.61 Å². The zero-order valence-corrected chi connectivity index (χ0v) is 11.2. The van der Waals surface area contributed by atoms with Crippen molar-refractivity contribution in [3.05, 3.63) is 0 Å². The van der Waals surface area contributed by atoms with Gasteiger partial charge in [-0.25, -0.2) is 0 Å². The van der Waals surface area contributed by atoms with Crippen molar-refractivity contribution in [3.63, 3.8) is 0 Å². The second-order valence-corrected chi connectivity index (χ2v) is 5.45. The molecule has 100 valence electrons. The van der Waals surface area contributed by atoms with Crippen molar-refractivity contribution in [2.75, 3.05) is 27.0 Å². The molecular weight excluding hydrogens is 251 g/mol. The van der Waals surface area contributed by atoms with Gasteiger partial charge in [-0.3, -0.25) is 14.2 Å². The Hall–Kier alpha value is -0.910. The molecule has 0 aromatic rings. The summed E-state index contributed by atoms with van der Waals surface area (Å²) in [6.07, 6.45) is -0.806. The molecule has 0 aliphatic rings.